The third kappa shape index (κ3) is 6.52. The van der Waals surface area contributed by atoms with E-state index in [1.54, 1.807) is 12.1 Å². The van der Waals surface area contributed by atoms with Crippen LogP contribution >= 0.6 is 0 Å². The van der Waals surface area contributed by atoms with Crippen molar-refractivity contribution in [2.75, 3.05) is 0 Å². The van der Waals surface area contributed by atoms with Crippen LogP contribution in [-0.4, -0.2) is 8.42 Å². The average Bonchev–Trinajstić information content (AvgIpc) is 2.69. The molecule has 0 fully saturated rings. The molecule has 0 bridgehead atoms. The highest BCUT2D eigenvalue weighted by Gasteiger charge is 2.20. The van der Waals surface area contributed by atoms with Crippen LogP contribution in [0.4, 0.5) is 0 Å². The summed E-state index contributed by atoms with van der Waals surface area (Å²) in [4.78, 5) is 0. The van der Waals surface area contributed by atoms with E-state index in [9.17, 15) is 8.42 Å². The minimum absolute atomic E-state index is 0.235. The van der Waals surface area contributed by atoms with Gasteiger partial charge < -0.3 is 0 Å². The molecule has 0 N–H and O–H groups in total. The van der Waals surface area contributed by atoms with E-state index in [4.69, 9.17) is 8.37 Å². The Balaban J connectivity index is 1.67. The van der Waals surface area contributed by atoms with Crippen molar-refractivity contribution in [3.05, 3.63) is 108 Å². The molecule has 0 saturated carbocycles. The van der Waals surface area contributed by atoms with E-state index in [1.807, 2.05) is 78.9 Å². The second-order valence-electron chi connectivity index (χ2n) is 5.80. The summed E-state index contributed by atoms with van der Waals surface area (Å²) in [5.41, 5.74) is 2.46. The van der Waals surface area contributed by atoms with Gasteiger partial charge in [0.15, 0.2) is 22.2 Å². The predicted molar refractivity (Wildman–Crippen MR) is 108 cm³/mol. The molecule has 6 heteroatoms. The molecule has 3 aromatic rings. The van der Waals surface area contributed by atoms with Crippen LogP contribution in [0.2, 0.25) is 0 Å². The molecule has 4 nitrogen and oxygen atoms in total. The van der Waals surface area contributed by atoms with Gasteiger partial charge in [0.05, 0.1) is 11.5 Å². The molecule has 0 aliphatic carbocycles. The van der Waals surface area contributed by atoms with Gasteiger partial charge in [-0.05, 0) is 11.1 Å². The molecule has 0 heterocycles. The van der Waals surface area contributed by atoms with Gasteiger partial charge in [0.25, 0.3) is 0 Å². The van der Waals surface area contributed by atoms with Gasteiger partial charge in [-0.25, -0.2) is 8.42 Å². The summed E-state index contributed by atoms with van der Waals surface area (Å²) >= 11 is -3.25. The first kappa shape index (κ1) is 19.6. The lowest BCUT2D eigenvalue weighted by molar-refractivity contribution is 0.0275. The molecule has 3 aromatic carbocycles. The van der Waals surface area contributed by atoms with Crippen molar-refractivity contribution in [2.45, 2.75) is 17.8 Å². The van der Waals surface area contributed by atoms with E-state index < -0.39 is 28.5 Å². The maximum absolute atomic E-state index is 12.4. The standard InChI is InChI=1S/C21H20O4S2/c22-26(16-18-10-4-1-5-11-18)24-21(20-14-8-3-9-15-20)25-27(23)17-19-12-6-2-7-13-19/h1-15,21H,16-17H2. The Kier molecular flexibility index (Phi) is 7.47. The van der Waals surface area contributed by atoms with Crippen molar-refractivity contribution < 1.29 is 16.8 Å². The van der Waals surface area contributed by atoms with Crippen molar-refractivity contribution >= 4 is 22.2 Å². The van der Waals surface area contributed by atoms with Crippen LogP contribution < -0.4 is 0 Å². The van der Waals surface area contributed by atoms with Crippen molar-refractivity contribution in [3.8, 4) is 0 Å². The Bertz CT molecular complexity index is 815. The Morgan fingerprint density at radius 1 is 0.593 bits per heavy atom. The average molecular weight is 401 g/mol. The van der Waals surface area contributed by atoms with Gasteiger partial charge >= 0.3 is 0 Å². The van der Waals surface area contributed by atoms with Crippen molar-refractivity contribution in [1.82, 2.24) is 0 Å². The quantitative estimate of drug-likeness (QED) is 0.498. The highest BCUT2D eigenvalue weighted by Crippen LogP contribution is 2.23. The first-order valence-corrected chi connectivity index (χ1v) is 10.9. The van der Waals surface area contributed by atoms with E-state index in [0.717, 1.165) is 11.1 Å². The molecule has 0 radical (unpaired) electrons. The lowest BCUT2D eigenvalue weighted by Crippen LogP contribution is -2.14. The summed E-state index contributed by atoms with van der Waals surface area (Å²) < 4.78 is 36.1. The predicted octanol–water partition coefficient (Wildman–Crippen LogP) is 4.45. The fourth-order valence-electron chi connectivity index (χ4n) is 2.42. The van der Waals surface area contributed by atoms with Crippen LogP contribution in [0.3, 0.4) is 0 Å². The Morgan fingerprint density at radius 3 is 1.37 bits per heavy atom. The van der Waals surface area contributed by atoms with Gasteiger partial charge in [-0.15, -0.1) is 0 Å². The smallest absolute Gasteiger partial charge is 0.214 e. The molecule has 0 aromatic heterocycles. The topological polar surface area (TPSA) is 52.6 Å². The van der Waals surface area contributed by atoms with Crippen LogP contribution in [0.1, 0.15) is 23.0 Å². The zero-order chi connectivity index (χ0) is 18.9. The summed E-state index contributed by atoms with van der Waals surface area (Å²) in [7, 11) is 0. The highest BCUT2D eigenvalue weighted by atomic mass is 32.2. The third-order valence-corrected chi connectivity index (χ3v) is 5.63. The molecular formula is C21H20O4S2. The molecule has 27 heavy (non-hydrogen) atoms. The van der Waals surface area contributed by atoms with Crippen LogP contribution in [-0.2, 0) is 42.0 Å². The number of rotatable bonds is 9. The van der Waals surface area contributed by atoms with E-state index in [-0.39, 0.29) is 11.5 Å². The van der Waals surface area contributed by atoms with E-state index in [0.29, 0.717) is 5.56 Å². The fraction of sp³-hybridized carbons (Fsp3) is 0.143. The summed E-state index contributed by atoms with van der Waals surface area (Å²) in [5.74, 6) is 0.470. The minimum Gasteiger partial charge on any atom is -0.252 e. The van der Waals surface area contributed by atoms with Crippen molar-refractivity contribution in [1.29, 1.82) is 0 Å². The van der Waals surface area contributed by atoms with Gasteiger partial charge in [-0.3, -0.25) is 8.37 Å². The summed E-state index contributed by atoms with van der Waals surface area (Å²) in [5, 5.41) is 0. The van der Waals surface area contributed by atoms with Crippen LogP contribution in [0.25, 0.3) is 0 Å². The Morgan fingerprint density at radius 2 is 0.963 bits per heavy atom. The lowest BCUT2D eigenvalue weighted by atomic mass is 10.2. The van der Waals surface area contributed by atoms with E-state index in [1.165, 1.54) is 0 Å². The summed E-state index contributed by atoms with van der Waals surface area (Å²) in [6.45, 7) is 0. The molecule has 0 aliphatic rings. The molecule has 3 rings (SSSR count). The first-order valence-electron chi connectivity index (χ1n) is 8.44. The summed E-state index contributed by atoms with van der Waals surface area (Å²) in [6.07, 6.45) is -0.972. The summed E-state index contributed by atoms with van der Waals surface area (Å²) in [6, 6.07) is 28.0. The lowest BCUT2D eigenvalue weighted by Gasteiger charge is -2.17. The van der Waals surface area contributed by atoms with Crippen LogP contribution in [0.15, 0.2) is 91.0 Å². The third-order valence-electron chi connectivity index (χ3n) is 3.72. The van der Waals surface area contributed by atoms with Gasteiger partial charge in [0.1, 0.15) is 0 Å². The van der Waals surface area contributed by atoms with Crippen molar-refractivity contribution in [3.63, 3.8) is 0 Å². The molecule has 140 valence electrons. The monoisotopic (exact) mass is 400 g/mol. The SMILES string of the molecule is O=S(Cc1ccccc1)OC(OS(=O)Cc1ccccc1)c1ccccc1. The number of benzene rings is 3. The molecule has 0 aliphatic heterocycles. The molecule has 0 saturated heterocycles. The van der Waals surface area contributed by atoms with Gasteiger partial charge in [-0.2, -0.15) is 0 Å². The molecule has 2 unspecified atom stereocenters. The zero-order valence-electron chi connectivity index (χ0n) is 14.6. The maximum atomic E-state index is 12.4. The van der Waals surface area contributed by atoms with Crippen LogP contribution in [0, 0.1) is 0 Å². The fourth-order valence-corrected chi connectivity index (χ4v) is 4.23. The van der Waals surface area contributed by atoms with E-state index in [2.05, 4.69) is 0 Å². The van der Waals surface area contributed by atoms with E-state index >= 15 is 0 Å². The van der Waals surface area contributed by atoms with Gasteiger partial charge in [0.2, 0.25) is 6.29 Å². The van der Waals surface area contributed by atoms with Crippen LogP contribution in [0.5, 0.6) is 0 Å². The van der Waals surface area contributed by atoms with Gasteiger partial charge in [0, 0.05) is 5.56 Å². The minimum atomic E-state index is -1.62. The normalized spacial score (nSPS) is 14.4. The second-order valence-corrected chi connectivity index (χ2v) is 7.98. The second kappa shape index (κ2) is 10.3. The van der Waals surface area contributed by atoms with Gasteiger partial charge in [-0.1, -0.05) is 91.0 Å². The largest absolute Gasteiger partial charge is 0.252 e. The first-order chi connectivity index (χ1) is 13.2. The molecule has 2 atom stereocenters. The number of hydrogen-bond donors (Lipinski definition) is 0. The maximum Gasteiger partial charge on any atom is 0.214 e. The highest BCUT2D eigenvalue weighted by molar-refractivity contribution is 7.80. The Hall–Kier alpha value is -2.12. The van der Waals surface area contributed by atoms with Crippen molar-refractivity contribution in [2.24, 2.45) is 0 Å². The molecular weight excluding hydrogens is 380 g/mol. The number of hydrogen-bond acceptors (Lipinski definition) is 4. The molecule has 0 spiro atoms. The molecule has 0 amide bonds. The Labute approximate surface area is 164 Å². The zero-order valence-corrected chi connectivity index (χ0v) is 16.2.